The smallest absolute Gasteiger partial charge is 0.370 e. The van der Waals surface area contributed by atoms with Gasteiger partial charge in [-0.05, 0) is 26.0 Å². The minimum absolute atomic E-state index is 0.169. The number of Topliss-reactive ketones (excluding diaryl/α,β-unsaturated/α-hetero) is 1. The fraction of sp³-hybridized carbons (Fsp3) is 0.353. The van der Waals surface area contributed by atoms with E-state index >= 15 is 0 Å². The number of amides is 1. The van der Waals surface area contributed by atoms with Crippen molar-refractivity contribution < 1.29 is 27.5 Å². The molecule has 9 heteroatoms. The van der Waals surface area contributed by atoms with E-state index in [0.29, 0.717) is 11.4 Å². The lowest BCUT2D eigenvalue weighted by molar-refractivity contribution is -0.173. The van der Waals surface area contributed by atoms with Crippen molar-refractivity contribution in [2.24, 2.45) is 0 Å². The Morgan fingerprint density at radius 2 is 1.85 bits per heavy atom. The highest BCUT2D eigenvalue weighted by molar-refractivity contribution is 6.43. The van der Waals surface area contributed by atoms with E-state index in [4.69, 9.17) is 0 Å². The van der Waals surface area contributed by atoms with Crippen molar-refractivity contribution in [3.05, 3.63) is 47.3 Å². The molecular weight excluding hydrogens is 351 g/mol. The van der Waals surface area contributed by atoms with Gasteiger partial charge in [-0.3, -0.25) is 9.59 Å². The maximum atomic E-state index is 12.4. The van der Waals surface area contributed by atoms with Gasteiger partial charge in [0.15, 0.2) is 0 Å². The van der Waals surface area contributed by atoms with E-state index in [0.717, 1.165) is 5.69 Å². The second kappa shape index (κ2) is 8.13. The summed E-state index contributed by atoms with van der Waals surface area (Å²) in [4.78, 5) is 24.3. The standard InChI is InChI=1S/C17H18F3N3O3/c1-11-14(12(2)23(22-11)13-6-4-3-5-7-13)15(24)16(25)21-8-9-26-10-17(18,19)20/h3-7H,8-10H2,1-2H3,(H,21,25). The number of hydrogen-bond donors (Lipinski definition) is 1. The molecule has 0 saturated heterocycles. The number of halogens is 3. The molecule has 0 unspecified atom stereocenters. The van der Waals surface area contributed by atoms with Crippen LogP contribution in [-0.2, 0) is 9.53 Å². The SMILES string of the molecule is Cc1nn(-c2ccccc2)c(C)c1C(=O)C(=O)NCCOCC(F)(F)F. The maximum Gasteiger partial charge on any atom is 0.411 e. The summed E-state index contributed by atoms with van der Waals surface area (Å²) >= 11 is 0. The van der Waals surface area contributed by atoms with Gasteiger partial charge in [-0.25, -0.2) is 4.68 Å². The summed E-state index contributed by atoms with van der Waals surface area (Å²) in [5.74, 6) is -1.71. The van der Waals surface area contributed by atoms with Crippen LogP contribution in [0.1, 0.15) is 21.7 Å². The fourth-order valence-electron chi connectivity index (χ4n) is 2.41. The number of ketones is 1. The van der Waals surface area contributed by atoms with Gasteiger partial charge in [0.05, 0.1) is 29.2 Å². The lowest BCUT2D eigenvalue weighted by atomic mass is 10.1. The van der Waals surface area contributed by atoms with E-state index in [1.807, 2.05) is 30.3 Å². The predicted octanol–water partition coefficient (Wildman–Crippen LogP) is 2.37. The van der Waals surface area contributed by atoms with Crippen molar-refractivity contribution in [2.45, 2.75) is 20.0 Å². The molecule has 1 N–H and O–H groups in total. The third-order valence-electron chi connectivity index (χ3n) is 3.52. The van der Waals surface area contributed by atoms with Crippen molar-refractivity contribution in [2.75, 3.05) is 19.8 Å². The minimum atomic E-state index is -4.43. The Bertz CT molecular complexity index is 786. The molecule has 0 bridgehead atoms. The lowest BCUT2D eigenvalue weighted by Crippen LogP contribution is -2.34. The van der Waals surface area contributed by atoms with Crippen LogP contribution < -0.4 is 5.32 Å². The molecule has 0 saturated carbocycles. The zero-order valence-corrected chi connectivity index (χ0v) is 14.3. The van der Waals surface area contributed by atoms with E-state index in [-0.39, 0.29) is 18.7 Å². The average molecular weight is 369 g/mol. The summed E-state index contributed by atoms with van der Waals surface area (Å²) in [6.07, 6.45) is -4.43. The van der Waals surface area contributed by atoms with Crippen LogP contribution in [0.15, 0.2) is 30.3 Å². The number of alkyl halides is 3. The molecule has 0 aliphatic heterocycles. The summed E-state index contributed by atoms with van der Waals surface area (Å²) < 4.78 is 41.8. The first-order chi connectivity index (χ1) is 12.2. The number of rotatable bonds is 7. The Hall–Kier alpha value is -2.68. The number of carbonyl (C=O) groups is 2. The number of nitrogens with one attached hydrogen (secondary N) is 1. The molecule has 0 atom stereocenters. The Morgan fingerprint density at radius 3 is 2.46 bits per heavy atom. The van der Waals surface area contributed by atoms with Crippen molar-refractivity contribution in [3.63, 3.8) is 0 Å². The summed E-state index contributed by atoms with van der Waals surface area (Å²) in [6.45, 7) is 1.32. The highest BCUT2D eigenvalue weighted by atomic mass is 19.4. The molecular formula is C17H18F3N3O3. The largest absolute Gasteiger partial charge is 0.411 e. The van der Waals surface area contributed by atoms with Crippen LogP contribution in [0.2, 0.25) is 0 Å². The van der Waals surface area contributed by atoms with Crippen molar-refractivity contribution in [1.29, 1.82) is 0 Å². The van der Waals surface area contributed by atoms with Crippen LogP contribution >= 0.6 is 0 Å². The normalized spacial score (nSPS) is 11.4. The first-order valence-corrected chi connectivity index (χ1v) is 7.79. The topological polar surface area (TPSA) is 73.2 Å². The van der Waals surface area contributed by atoms with Crippen LogP contribution in [0.3, 0.4) is 0 Å². The fourth-order valence-corrected chi connectivity index (χ4v) is 2.41. The minimum Gasteiger partial charge on any atom is -0.370 e. The van der Waals surface area contributed by atoms with Gasteiger partial charge in [-0.15, -0.1) is 0 Å². The second-order valence-electron chi connectivity index (χ2n) is 5.55. The highest BCUT2D eigenvalue weighted by Crippen LogP contribution is 2.18. The van der Waals surface area contributed by atoms with E-state index in [1.165, 1.54) is 0 Å². The van der Waals surface area contributed by atoms with E-state index in [1.54, 1.807) is 18.5 Å². The van der Waals surface area contributed by atoms with Crippen molar-refractivity contribution in [3.8, 4) is 5.69 Å². The molecule has 2 aromatic rings. The summed E-state index contributed by atoms with van der Waals surface area (Å²) in [5, 5.41) is 6.54. The van der Waals surface area contributed by atoms with Crippen LogP contribution in [0.4, 0.5) is 13.2 Å². The third kappa shape index (κ3) is 4.92. The van der Waals surface area contributed by atoms with Crippen molar-refractivity contribution in [1.82, 2.24) is 15.1 Å². The summed E-state index contributed by atoms with van der Waals surface area (Å²) in [6, 6.07) is 9.11. The maximum absolute atomic E-state index is 12.4. The molecule has 1 aromatic heterocycles. The summed E-state index contributed by atoms with van der Waals surface area (Å²) in [5.41, 5.74) is 1.80. The predicted molar refractivity (Wildman–Crippen MR) is 87.3 cm³/mol. The Balaban J connectivity index is 2.01. The van der Waals surface area contributed by atoms with Gasteiger partial charge in [-0.1, -0.05) is 18.2 Å². The number of nitrogens with zero attached hydrogens (tertiary/aromatic N) is 2. The second-order valence-corrected chi connectivity index (χ2v) is 5.55. The van der Waals surface area contributed by atoms with Crippen LogP contribution in [0, 0.1) is 13.8 Å². The van der Waals surface area contributed by atoms with E-state index < -0.39 is 24.5 Å². The third-order valence-corrected chi connectivity index (χ3v) is 3.52. The first kappa shape index (κ1) is 19.6. The van der Waals surface area contributed by atoms with Gasteiger partial charge in [0.1, 0.15) is 6.61 Å². The average Bonchev–Trinajstić information content (AvgIpc) is 2.88. The molecule has 1 aromatic carbocycles. The molecule has 1 heterocycles. The van der Waals surface area contributed by atoms with Gasteiger partial charge in [-0.2, -0.15) is 18.3 Å². The molecule has 6 nitrogen and oxygen atoms in total. The van der Waals surface area contributed by atoms with Crippen LogP contribution in [-0.4, -0.2) is 47.4 Å². The zero-order valence-electron chi connectivity index (χ0n) is 14.3. The number of para-hydroxylation sites is 1. The first-order valence-electron chi connectivity index (χ1n) is 7.79. The Morgan fingerprint density at radius 1 is 1.19 bits per heavy atom. The number of aryl methyl sites for hydroxylation is 1. The Labute approximate surface area is 147 Å². The molecule has 0 spiro atoms. The number of aromatic nitrogens is 2. The number of benzene rings is 1. The van der Waals surface area contributed by atoms with E-state index in [2.05, 4.69) is 15.2 Å². The zero-order chi connectivity index (χ0) is 19.3. The molecule has 0 fully saturated rings. The molecule has 26 heavy (non-hydrogen) atoms. The van der Waals surface area contributed by atoms with Crippen LogP contribution in [0.5, 0.6) is 0 Å². The molecule has 1 amide bonds. The van der Waals surface area contributed by atoms with Gasteiger partial charge >= 0.3 is 6.18 Å². The molecule has 0 aliphatic rings. The number of hydrogen-bond acceptors (Lipinski definition) is 4. The highest BCUT2D eigenvalue weighted by Gasteiger charge is 2.27. The Kier molecular flexibility index (Phi) is 6.14. The number of ether oxygens (including phenoxy) is 1. The van der Waals surface area contributed by atoms with Crippen molar-refractivity contribution >= 4 is 11.7 Å². The molecule has 2 rings (SSSR count). The van der Waals surface area contributed by atoms with E-state index in [9.17, 15) is 22.8 Å². The molecule has 140 valence electrons. The quantitative estimate of drug-likeness (QED) is 0.462. The lowest BCUT2D eigenvalue weighted by Gasteiger charge is -2.08. The summed E-state index contributed by atoms with van der Waals surface area (Å²) in [7, 11) is 0. The van der Waals surface area contributed by atoms with Crippen LogP contribution in [0.25, 0.3) is 5.69 Å². The van der Waals surface area contributed by atoms with Gasteiger partial charge in [0, 0.05) is 6.54 Å². The van der Waals surface area contributed by atoms with Gasteiger partial charge in [0.25, 0.3) is 11.7 Å². The molecule has 0 aliphatic carbocycles. The number of carbonyl (C=O) groups excluding carboxylic acids is 2. The monoisotopic (exact) mass is 369 g/mol. The van der Waals surface area contributed by atoms with Gasteiger partial charge < -0.3 is 10.1 Å². The molecule has 0 radical (unpaired) electrons. The van der Waals surface area contributed by atoms with Gasteiger partial charge in [0.2, 0.25) is 0 Å².